The molecule has 7 heteroatoms. The first-order chi connectivity index (χ1) is 17.5. The monoisotopic (exact) mass is 481 g/mol. The zero-order valence-electron chi connectivity index (χ0n) is 21.0. The second-order valence-electron chi connectivity index (χ2n) is 9.48. The van der Waals surface area contributed by atoms with E-state index in [4.69, 9.17) is 4.98 Å². The lowest BCUT2D eigenvalue weighted by molar-refractivity contribution is 0.0536. The summed E-state index contributed by atoms with van der Waals surface area (Å²) in [6, 6.07) is 19.7. The van der Waals surface area contributed by atoms with E-state index in [1.807, 2.05) is 75.1 Å². The fraction of sp³-hybridized carbons (Fsp3) is 0.310. The average Bonchev–Trinajstić information content (AvgIpc) is 3.37. The maximum atomic E-state index is 13.8. The molecule has 1 saturated heterocycles. The number of benzene rings is 2. The number of amides is 2. The lowest BCUT2D eigenvalue weighted by Crippen LogP contribution is -2.50. The molecule has 2 amide bonds. The SMILES string of the molecule is CCc1ccc(C(=O)N2CCN(C(=O)c3cc(-c4ccccc4)nc4c3cnn4C(C)C)CC2)cc1. The lowest BCUT2D eigenvalue weighted by Gasteiger charge is -2.35. The van der Waals surface area contributed by atoms with Crippen molar-refractivity contribution < 1.29 is 9.59 Å². The molecule has 184 valence electrons. The van der Waals surface area contributed by atoms with E-state index in [0.29, 0.717) is 43.0 Å². The summed E-state index contributed by atoms with van der Waals surface area (Å²) >= 11 is 0. The summed E-state index contributed by atoms with van der Waals surface area (Å²) in [7, 11) is 0. The first kappa shape index (κ1) is 23.7. The van der Waals surface area contributed by atoms with Crippen molar-refractivity contribution in [1.82, 2.24) is 24.6 Å². The molecule has 2 aromatic heterocycles. The number of hydrogen-bond donors (Lipinski definition) is 0. The Bertz CT molecular complexity index is 1380. The molecule has 7 nitrogen and oxygen atoms in total. The molecule has 4 aromatic rings. The number of aryl methyl sites for hydroxylation is 1. The number of nitrogens with zero attached hydrogens (tertiary/aromatic N) is 5. The number of piperazine rings is 1. The first-order valence-electron chi connectivity index (χ1n) is 12.6. The summed E-state index contributed by atoms with van der Waals surface area (Å²) in [5.41, 5.74) is 4.91. The highest BCUT2D eigenvalue weighted by atomic mass is 16.2. The Morgan fingerprint density at radius 3 is 2.14 bits per heavy atom. The summed E-state index contributed by atoms with van der Waals surface area (Å²) in [6.07, 6.45) is 2.68. The third-order valence-corrected chi connectivity index (χ3v) is 6.82. The number of carbonyl (C=O) groups excluding carboxylic acids is 2. The van der Waals surface area contributed by atoms with Gasteiger partial charge in [0.1, 0.15) is 0 Å². The van der Waals surface area contributed by atoms with Gasteiger partial charge in [0.2, 0.25) is 0 Å². The standard InChI is InChI=1S/C29H31N5O2/c1-4-21-10-12-23(13-11-21)28(35)32-14-16-33(17-15-32)29(36)24-18-26(22-8-6-5-7-9-22)31-27-25(24)19-30-34(27)20(2)3/h5-13,18-20H,4,14-17H2,1-3H3. The molecule has 0 radical (unpaired) electrons. The zero-order valence-corrected chi connectivity index (χ0v) is 21.0. The fourth-order valence-corrected chi connectivity index (χ4v) is 4.68. The van der Waals surface area contributed by atoms with Crippen molar-refractivity contribution in [2.45, 2.75) is 33.2 Å². The van der Waals surface area contributed by atoms with E-state index in [1.165, 1.54) is 5.56 Å². The van der Waals surface area contributed by atoms with E-state index < -0.39 is 0 Å². The van der Waals surface area contributed by atoms with Crippen LogP contribution >= 0.6 is 0 Å². The van der Waals surface area contributed by atoms with Crippen molar-refractivity contribution >= 4 is 22.8 Å². The van der Waals surface area contributed by atoms with Crippen LogP contribution in [0.1, 0.15) is 53.1 Å². The van der Waals surface area contributed by atoms with Gasteiger partial charge in [-0.2, -0.15) is 5.10 Å². The predicted molar refractivity (Wildman–Crippen MR) is 141 cm³/mol. The van der Waals surface area contributed by atoms with Crippen molar-refractivity contribution in [1.29, 1.82) is 0 Å². The molecule has 36 heavy (non-hydrogen) atoms. The van der Waals surface area contributed by atoms with Crippen LogP contribution in [0.2, 0.25) is 0 Å². The molecule has 1 aliphatic heterocycles. The van der Waals surface area contributed by atoms with Gasteiger partial charge in [-0.05, 0) is 44.0 Å². The molecule has 0 N–H and O–H groups in total. The summed E-state index contributed by atoms with van der Waals surface area (Å²) in [6.45, 7) is 8.19. The number of pyridine rings is 1. The Balaban J connectivity index is 1.39. The molecule has 0 atom stereocenters. The van der Waals surface area contributed by atoms with Crippen LogP contribution in [0.25, 0.3) is 22.3 Å². The highest BCUT2D eigenvalue weighted by Crippen LogP contribution is 2.27. The quantitative estimate of drug-likeness (QED) is 0.409. The Morgan fingerprint density at radius 1 is 0.889 bits per heavy atom. The van der Waals surface area contributed by atoms with Gasteiger partial charge in [0.05, 0.1) is 22.8 Å². The van der Waals surface area contributed by atoms with E-state index >= 15 is 0 Å². The number of aromatic nitrogens is 3. The lowest BCUT2D eigenvalue weighted by atomic mass is 10.1. The molecule has 0 spiro atoms. The summed E-state index contributed by atoms with van der Waals surface area (Å²) < 4.78 is 1.86. The minimum absolute atomic E-state index is 0.0145. The third-order valence-electron chi connectivity index (χ3n) is 6.82. The third kappa shape index (κ3) is 4.49. The number of rotatable bonds is 5. The Hall–Kier alpha value is -4.00. The maximum Gasteiger partial charge on any atom is 0.254 e. The second kappa shape index (κ2) is 9.93. The molecular weight excluding hydrogens is 450 g/mol. The molecular formula is C29H31N5O2. The van der Waals surface area contributed by atoms with Crippen LogP contribution < -0.4 is 0 Å². The molecule has 0 bridgehead atoms. The van der Waals surface area contributed by atoms with E-state index in [1.54, 1.807) is 6.20 Å². The first-order valence-corrected chi connectivity index (χ1v) is 12.6. The van der Waals surface area contributed by atoms with Gasteiger partial charge in [-0.15, -0.1) is 0 Å². The van der Waals surface area contributed by atoms with Crippen LogP contribution in [-0.4, -0.2) is 62.6 Å². The van der Waals surface area contributed by atoms with E-state index in [9.17, 15) is 9.59 Å². The Kier molecular flexibility index (Phi) is 6.55. The van der Waals surface area contributed by atoms with Gasteiger partial charge in [-0.25, -0.2) is 9.67 Å². The van der Waals surface area contributed by atoms with Gasteiger partial charge in [-0.1, -0.05) is 49.4 Å². The highest BCUT2D eigenvalue weighted by Gasteiger charge is 2.28. The topological polar surface area (TPSA) is 71.3 Å². The molecule has 0 aliphatic carbocycles. The van der Waals surface area contributed by atoms with Gasteiger partial charge < -0.3 is 9.80 Å². The molecule has 0 unspecified atom stereocenters. The predicted octanol–water partition coefficient (Wildman–Crippen LogP) is 4.84. The zero-order chi connectivity index (χ0) is 25.2. The largest absolute Gasteiger partial charge is 0.335 e. The Morgan fingerprint density at radius 2 is 1.53 bits per heavy atom. The number of fused-ring (bicyclic) bond motifs is 1. The van der Waals surface area contributed by atoms with Gasteiger partial charge in [0, 0.05) is 43.3 Å². The van der Waals surface area contributed by atoms with Gasteiger partial charge in [0.15, 0.2) is 5.65 Å². The molecule has 3 heterocycles. The minimum Gasteiger partial charge on any atom is -0.335 e. The van der Waals surface area contributed by atoms with Crippen LogP contribution in [0.4, 0.5) is 0 Å². The second-order valence-corrected chi connectivity index (χ2v) is 9.48. The number of carbonyl (C=O) groups is 2. The van der Waals surface area contributed by atoms with Gasteiger partial charge in [0.25, 0.3) is 11.8 Å². The van der Waals surface area contributed by atoms with Crippen LogP contribution in [0.5, 0.6) is 0 Å². The fourth-order valence-electron chi connectivity index (χ4n) is 4.68. The van der Waals surface area contributed by atoms with Crippen molar-refractivity contribution in [3.8, 4) is 11.3 Å². The Labute approximate surface area is 211 Å². The van der Waals surface area contributed by atoms with Crippen LogP contribution in [0, 0.1) is 0 Å². The van der Waals surface area contributed by atoms with Gasteiger partial charge in [-0.3, -0.25) is 9.59 Å². The molecule has 1 aliphatic rings. The van der Waals surface area contributed by atoms with Crippen molar-refractivity contribution in [2.75, 3.05) is 26.2 Å². The van der Waals surface area contributed by atoms with Crippen molar-refractivity contribution in [3.63, 3.8) is 0 Å². The van der Waals surface area contributed by atoms with Crippen molar-refractivity contribution in [3.05, 3.63) is 83.6 Å². The normalized spacial score (nSPS) is 14.0. The van der Waals surface area contributed by atoms with E-state index in [-0.39, 0.29) is 17.9 Å². The summed E-state index contributed by atoms with van der Waals surface area (Å²) in [4.78, 5) is 35.3. The van der Waals surface area contributed by atoms with Gasteiger partial charge >= 0.3 is 0 Å². The highest BCUT2D eigenvalue weighted by molar-refractivity contribution is 6.06. The molecule has 5 rings (SSSR count). The number of hydrogen-bond acceptors (Lipinski definition) is 4. The van der Waals surface area contributed by atoms with E-state index in [0.717, 1.165) is 23.1 Å². The van der Waals surface area contributed by atoms with E-state index in [2.05, 4.69) is 25.9 Å². The summed E-state index contributed by atoms with van der Waals surface area (Å²) in [5.74, 6) is -0.0390. The van der Waals surface area contributed by atoms with Crippen LogP contribution in [0.3, 0.4) is 0 Å². The van der Waals surface area contributed by atoms with Crippen LogP contribution in [-0.2, 0) is 6.42 Å². The molecule has 1 fully saturated rings. The maximum absolute atomic E-state index is 13.8. The van der Waals surface area contributed by atoms with Crippen LogP contribution in [0.15, 0.2) is 66.9 Å². The molecule has 0 saturated carbocycles. The molecule has 2 aromatic carbocycles. The van der Waals surface area contributed by atoms with Crippen molar-refractivity contribution in [2.24, 2.45) is 0 Å². The minimum atomic E-state index is -0.0534. The summed E-state index contributed by atoms with van der Waals surface area (Å²) in [5, 5.41) is 5.28. The smallest absolute Gasteiger partial charge is 0.254 e. The average molecular weight is 482 g/mol.